The van der Waals surface area contributed by atoms with E-state index >= 15 is 0 Å². The van der Waals surface area contributed by atoms with Gasteiger partial charge >= 0.3 is 0 Å². The monoisotopic (exact) mass is 203 g/mol. The molecule has 1 aliphatic rings. The first kappa shape index (κ1) is 11.9. The number of rotatable bonds is 3. The maximum Gasteiger partial charge on any atom is 0.0938 e. The van der Waals surface area contributed by atoms with Gasteiger partial charge in [0.2, 0.25) is 0 Å². The van der Waals surface area contributed by atoms with Gasteiger partial charge in [-0.15, -0.1) is 0 Å². The lowest BCUT2D eigenvalue weighted by molar-refractivity contribution is -0.0120. The Morgan fingerprint density at radius 1 is 1.21 bits per heavy atom. The van der Waals surface area contributed by atoms with Crippen molar-refractivity contribution in [1.29, 1.82) is 0 Å². The van der Waals surface area contributed by atoms with E-state index in [0.717, 1.165) is 6.54 Å². The van der Waals surface area contributed by atoms with E-state index < -0.39 is 12.2 Å². The largest absolute Gasteiger partial charge is 0.389 e. The van der Waals surface area contributed by atoms with Gasteiger partial charge in [0.15, 0.2) is 0 Å². The molecule has 14 heavy (non-hydrogen) atoms. The molecule has 2 unspecified atom stereocenters. The van der Waals surface area contributed by atoms with Crippen LogP contribution in [-0.4, -0.2) is 59.2 Å². The summed E-state index contributed by atoms with van der Waals surface area (Å²) in [6, 6.07) is 0. The third kappa shape index (κ3) is 3.92. The summed E-state index contributed by atoms with van der Waals surface area (Å²) >= 11 is 0. The summed E-state index contributed by atoms with van der Waals surface area (Å²) in [6.45, 7) is 8.56. The molecule has 2 N–H and O–H groups in total. The molecule has 1 heterocycles. The summed E-state index contributed by atoms with van der Waals surface area (Å²) in [5.41, 5.74) is -0.114. The van der Waals surface area contributed by atoms with Crippen molar-refractivity contribution < 1.29 is 14.9 Å². The zero-order valence-corrected chi connectivity index (χ0v) is 9.23. The Kier molecular flexibility index (Phi) is 3.89. The number of hydrogen-bond acceptors (Lipinski definition) is 4. The van der Waals surface area contributed by atoms with E-state index in [2.05, 4.69) is 0 Å². The Morgan fingerprint density at radius 2 is 1.71 bits per heavy atom. The average Bonchev–Trinajstić information content (AvgIpc) is 2.28. The van der Waals surface area contributed by atoms with Crippen molar-refractivity contribution in [3.8, 4) is 0 Å². The molecule has 0 radical (unpaired) electrons. The van der Waals surface area contributed by atoms with Gasteiger partial charge in [0.05, 0.1) is 24.4 Å². The molecule has 0 bridgehead atoms. The molecule has 1 saturated heterocycles. The summed E-state index contributed by atoms with van der Waals surface area (Å²) in [6.07, 6.45) is -1.19. The normalized spacial score (nSPS) is 29.8. The van der Waals surface area contributed by atoms with Gasteiger partial charge in [-0.1, -0.05) is 0 Å². The van der Waals surface area contributed by atoms with Crippen LogP contribution in [0.5, 0.6) is 0 Å². The van der Waals surface area contributed by atoms with Gasteiger partial charge in [-0.25, -0.2) is 0 Å². The summed E-state index contributed by atoms with van der Waals surface area (Å²) in [5.74, 6) is 0. The van der Waals surface area contributed by atoms with Gasteiger partial charge in [-0.05, 0) is 20.8 Å². The number of nitrogens with zero attached hydrogens (tertiary/aromatic N) is 1. The van der Waals surface area contributed by atoms with Gasteiger partial charge in [0, 0.05) is 19.6 Å². The van der Waals surface area contributed by atoms with Crippen molar-refractivity contribution in [3.63, 3.8) is 0 Å². The van der Waals surface area contributed by atoms with Crippen LogP contribution in [0.25, 0.3) is 0 Å². The van der Waals surface area contributed by atoms with Crippen molar-refractivity contribution >= 4 is 0 Å². The summed E-state index contributed by atoms with van der Waals surface area (Å²) < 4.78 is 5.56. The minimum Gasteiger partial charge on any atom is -0.389 e. The lowest BCUT2D eigenvalue weighted by atomic mass is 10.2. The minimum absolute atomic E-state index is 0.114. The van der Waals surface area contributed by atoms with Crippen molar-refractivity contribution in [2.45, 2.75) is 38.6 Å². The van der Waals surface area contributed by atoms with E-state index in [0.29, 0.717) is 19.7 Å². The highest BCUT2D eigenvalue weighted by molar-refractivity contribution is 4.82. The van der Waals surface area contributed by atoms with E-state index in [1.54, 1.807) is 0 Å². The van der Waals surface area contributed by atoms with Crippen LogP contribution in [-0.2, 0) is 4.74 Å². The fourth-order valence-electron chi connectivity index (χ4n) is 1.51. The lowest BCUT2D eigenvalue weighted by Gasteiger charge is -2.22. The fraction of sp³-hybridized carbons (Fsp3) is 1.00. The highest BCUT2D eigenvalue weighted by Gasteiger charge is 2.29. The van der Waals surface area contributed by atoms with Gasteiger partial charge in [0.1, 0.15) is 0 Å². The summed E-state index contributed by atoms with van der Waals surface area (Å²) in [5, 5.41) is 18.6. The number of aliphatic hydroxyl groups excluding tert-OH is 2. The molecule has 4 heteroatoms. The second kappa shape index (κ2) is 4.57. The molecule has 4 nitrogen and oxygen atoms in total. The van der Waals surface area contributed by atoms with E-state index in [-0.39, 0.29) is 5.60 Å². The van der Waals surface area contributed by atoms with Crippen LogP contribution in [0.1, 0.15) is 20.8 Å². The molecule has 1 rings (SSSR count). The zero-order chi connectivity index (χ0) is 10.8. The molecule has 0 aromatic heterocycles. The Labute approximate surface area is 85.5 Å². The van der Waals surface area contributed by atoms with Crippen LogP contribution in [0, 0.1) is 0 Å². The minimum atomic E-state index is -0.593. The van der Waals surface area contributed by atoms with Crippen LogP contribution < -0.4 is 0 Å². The first-order valence-corrected chi connectivity index (χ1v) is 5.11. The molecular weight excluding hydrogens is 182 g/mol. The lowest BCUT2D eigenvalue weighted by Crippen LogP contribution is -2.30. The number of hydrogen-bond donors (Lipinski definition) is 2. The van der Waals surface area contributed by atoms with Gasteiger partial charge < -0.3 is 14.9 Å². The van der Waals surface area contributed by atoms with Crippen LogP contribution >= 0.6 is 0 Å². The predicted molar refractivity (Wildman–Crippen MR) is 54.2 cm³/mol. The van der Waals surface area contributed by atoms with Gasteiger partial charge in [-0.2, -0.15) is 0 Å². The molecule has 2 atom stereocenters. The Bertz CT molecular complexity index is 169. The van der Waals surface area contributed by atoms with Crippen molar-refractivity contribution in [3.05, 3.63) is 0 Å². The zero-order valence-electron chi connectivity index (χ0n) is 9.23. The number of ether oxygens (including phenoxy) is 1. The smallest absolute Gasteiger partial charge is 0.0938 e. The van der Waals surface area contributed by atoms with Crippen molar-refractivity contribution in [2.24, 2.45) is 0 Å². The molecule has 1 fully saturated rings. The highest BCUT2D eigenvalue weighted by atomic mass is 16.5. The quantitative estimate of drug-likeness (QED) is 0.669. The van der Waals surface area contributed by atoms with Gasteiger partial charge in [-0.3, -0.25) is 4.90 Å². The van der Waals surface area contributed by atoms with Crippen molar-refractivity contribution in [1.82, 2.24) is 4.90 Å². The molecule has 0 saturated carbocycles. The third-order valence-corrected chi connectivity index (χ3v) is 2.28. The molecule has 0 amide bonds. The molecule has 0 aromatic rings. The summed E-state index contributed by atoms with van der Waals surface area (Å²) in [4.78, 5) is 2.01. The van der Waals surface area contributed by atoms with Crippen LogP contribution in [0.15, 0.2) is 0 Å². The first-order valence-electron chi connectivity index (χ1n) is 5.11. The topological polar surface area (TPSA) is 52.9 Å². The SMILES string of the molecule is CC(C)(C)OCCN1CC(O)C(O)C1. The molecule has 84 valence electrons. The van der Waals surface area contributed by atoms with E-state index in [9.17, 15) is 10.2 Å². The second-order valence-electron chi connectivity index (χ2n) is 4.86. The van der Waals surface area contributed by atoms with Crippen molar-refractivity contribution in [2.75, 3.05) is 26.2 Å². The van der Waals surface area contributed by atoms with E-state index in [1.165, 1.54) is 0 Å². The van der Waals surface area contributed by atoms with E-state index in [4.69, 9.17) is 4.74 Å². The molecule has 1 aliphatic heterocycles. The second-order valence-corrected chi connectivity index (χ2v) is 4.86. The summed E-state index contributed by atoms with van der Waals surface area (Å²) in [7, 11) is 0. The predicted octanol–water partition coefficient (Wildman–Crippen LogP) is -0.161. The molecule has 0 spiro atoms. The van der Waals surface area contributed by atoms with Crippen LogP contribution in [0.4, 0.5) is 0 Å². The highest BCUT2D eigenvalue weighted by Crippen LogP contribution is 2.11. The average molecular weight is 203 g/mol. The maximum atomic E-state index is 9.29. The molecular formula is C10H21NO3. The standard InChI is InChI=1S/C10H21NO3/c1-10(2,3)14-5-4-11-6-8(12)9(13)7-11/h8-9,12-13H,4-7H2,1-3H3. The van der Waals surface area contributed by atoms with Gasteiger partial charge in [0.25, 0.3) is 0 Å². The Balaban J connectivity index is 2.15. The van der Waals surface area contributed by atoms with E-state index in [1.807, 2.05) is 25.7 Å². The maximum absolute atomic E-state index is 9.29. The Hall–Kier alpha value is -0.160. The fourth-order valence-corrected chi connectivity index (χ4v) is 1.51. The van der Waals surface area contributed by atoms with Crippen LogP contribution in [0.3, 0.4) is 0 Å². The first-order chi connectivity index (χ1) is 6.38. The van der Waals surface area contributed by atoms with Crippen LogP contribution in [0.2, 0.25) is 0 Å². The molecule has 0 aromatic carbocycles. The third-order valence-electron chi connectivity index (χ3n) is 2.28. The Morgan fingerprint density at radius 3 is 2.14 bits per heavy atom. The number of β-amino-alcohol motifs (C(OH)–C–C–N with tert-alkyl or cyclic N) is 2. The molecule has 0 aliphatic carbocycles. The number of likely N-dealkylation sites (tertiary alicyclic amines) is 1. The number of aliphatic hydroxyl groups is 2.